The molecular weight excluding hydrogens is 298 g/mol. The number of hydrogen-bond donors (Lipinski definition) is 2. The van der Waals surface area contributed by atoms with Gasteiger partial charge in [-0.05, 0) is 29.8 Å². The van der Waals surface area contributed by atoms with Gasteiger partial charge < -0.3 is 5.32 Å². The van der Waals surface area contributed by atoms with Crippen molar-refractivity contribution in [2.75, 3.05) is 0 Å². The van der Waals surface area contributed by atoms with Crippen LogP contribution in [0.2, 0.25) is 0 Å². The maximum atomic E-state index is 4.71. The molecule has 0 fully saturated rings. The van der Waals surface area contributed by atoms with E-state index in [2.05, 4.69) is 52.5 Å². The summed E-state index contributed by atoms with van der Waals surface area (Å²) in [5.74, 6) is 0. The van der Waals surface area contributed by atoms with Crippen LogP contribution in [0.1, 0.15) is 19.4 Å². The Hall–Kier alpha value is -2.79. The number of aromatic amines is 1. The quantitative estimate of drug-likeness (QED) is 0.602. The van der Waals surface area contributed by atoms with Crippen molar-refractivity contribution >= 4 is 21.9 Å². The molecule has 0 spiro atoms. The van der Waals surface area contributed by atoms with E-state index < -0.39 is 0 Å². The van der Waals surface area contributed by atoms with Crippen LogP contribution in [0.15, 0.2) is 48.7 Å². The first-order valence-corrected chi connectivity index (χ1v) is 8.14. The van der Waals surface area contributed by atoms with Crippen LogP contribution in [0.3, 0.4) is 0 Å². The number of pyridine rings is 2. The molecule has 4 rings (SSSR count). The summed E-state index contributed by atoms with van der Waals surface area (Å²) >= 11 is 0. The van der Waals surface area contributed by atoms with Gasteiger partial charge in [0.05, 0.1) is 22.2 Å². The molecule has 4 aromatic rings. The molecular formula is C19H19N5. The van der Waals surface area contributed by atoms with E-state index in [-0.39, 0.29) is 0 Å². The maximum Gasteiger partial charge on any atom is 0.118 e. The van der Waals surface area contributed by atoms with Crippen molar-refractivity contribution in [3.8, 4) is 11.4 Å². The third-order valence-electron chi connectivity index (χ3n) is 4.08. The Kier molecular flexibility index (Phi) is 3.70. The van der Waals surface area contributed by atoms with Gasteiger partial charge in [0.25, 0.3) is 0 Å². The number of nitrogens with one attached hydrogen (secondary N) is 2. The largest absolute Gasteiger partial charge is 0.310 e. The average molecular weight is 317 g/mol. The van der Waals surface area contributed by atoms with Crippen LogP contribution in [0.25, 0.3) is 33.3 Å². The smallest absolute Gasteiger partial charge is 0.118 e. The van der Waals surface area contributed by atoms with Crippen LogP contribution in [-0.2, 0) is 6.54 Å². The number of H-pyrrole nitrogens is 1. The zero-order chi connectivity index (χ0) is 16.5. The van der Waals surface area contributed by atoms with Crippen molar-refractivity contribution < 1.29 is 0 Å². The molecule has 0 aliphatic carbocycles. The topological polar surface area (TPSA) is 66.5 Å². The van der Waals surface area contributed by atoms with E-state index in [1.54, 1.807) is 6.20 Å². The van der Waals surface area contributed by atoms with Gasteiger partial charge in [-0.3, -0.25) is 10.1 Å². The summed E-state index contributed by atoms with van der Waals surface area (Å²) in [6.07, 6.45) is 1.78. The minimum absolute atomic E-state index is 0.442. The van der Waals surface area contributed by atoms with Crippen LogP contribution in [0.5, 0.6) is 0 Å². The van der Waals surface area contributed by atoms with Gasteiger partial charge in [0.15, 0.2) is 0 Å². The molecule has 1 aromatic carbocycles. The van der Waals surface area contributed by atoms with E-state index in [9.17, 15) is 0 Å². The predicted molar refractivity (Wildman–Crippen MR) is 96.6 cm³/mol. The Morgan fingerprint density at radius 1 is 1.04 bits per heavy atom. The van der Waals surface area contributed by atoms with E-state index >= 15 is 0 Å². The van der Waals surface area contributed by atoms with Crippen LogP contribution in [0, 0.1) is 0 Å². The monoisotopic (exact) mass is 317 g/mol. The fourth-order valence-electron chi connectivity index (χ4n) is 2.85. The van der Waals surface area contributed by atoms with Crippen molar-refractivity contribution in [1.29, 1.82) is 0 Å². The lowest BCUT2D eigenvalue weighted by molar-refractivity contribution is 0.590. The second-order valence-corrected chi connectivity index (χ2v) is 6.19. The van der Waals surface area contributed by atoms with Crippen LogP contribution >= 0.6 is 0 Å². The normalized spacial score (nSPS) is 11.6. The molecule has 5 heteroatoms. The molecule has 0 amide bonds. The Labute approximate surface area is 140 Å². The second-order valence-electron chi connectivity index (χ2n) is 6.19. The molecule has 24 heavy (non-hydrogen) atoms. The Bertz CT molecular complexity index is 1000. The minimum atomic E-state index is 0.442. The van der Waals surface area contributed by atoms with Gasteiger partial charge in [-0.15, -0.1) is 0 Å². The lowest BCUT2D eigenvalue weighted by Crippen LogP contribution is -2.21. The molecule has 5 nitrogen and oxygen atoms in total. The maximum absolute atomic E-state index is 4.71. The van der Waals surface area contributed by atoms with Crippen molar-refractivity contribution in [3.05, 3.63) is 54.2 Å². The van der Waals surface area contributed by atoms with Gasteiger partial charge in [-0.1, -0.05) is 32.0 Å². The lowest BCUT2D eigenvalue weighted by atomic mass is 10.1. The number of benzene rings is 1. The highest BCUT2D eigenvalue weighted by atomic mass is 15.1. The summed E-state index contributed by atoms with van der Waals surface area (Å²) in [7, 11) is 0. The molecule has 3 aromatic heterocycles. The fourth-order valence-corrected chi connectivity index (χ4v) is 2.85. The van der Waals surface area contributed by atoms with E-state index in [1.165, 1.54) is 5.56 Å². The SMILES string of the molecule is CC(C)NCc1cccc2c(-c3ccc4ncccc4n3)n[nH]c12. The first kappa shape index (κ1) is 14.8. The van der Waals surface area contributed by atoms with Gasteiger partial charge in [0.1, 0.15) is 5.69 Å². The molecule has 2 N–H and O–H groups in total. The number of rotatable bonds is 4. The zero-order valence-corrected chi connectivity index (χ0v) is 13.7. The average Bonchev–Trinajstić information content (AvgIpc) is 3.04. The van der Waals surface area contributed by atoms with E-state index in [4.69, 9.17) is 4.98 Å². The highest BCUT2D eigenvalue weighted by Gasteiger charge is 2.12. The van der Waals surface area contributed by atoms with E-state index in [1.807, 2.05) is 24.3 Å². The molecule has 0 radical (unpaired) electrons. The molecule has 0 aliphatic heterocycles. The molecule has 120 valence electrons. The van der Waals surface area contributed by atoms with Crippen molar-refractivity contribution in [3.63, 3.8) is 0 Å². The first-order valence-electron chi connectivity index (χ1n) is 8.14. The summed E-state index contributed by atoms with van der Waals surface area (Å²) in [5, 5.41) is 12.3. The third-order valence-corrected chi connectivity index (χ3v) is 4.08. The van der Waals surface area contributed by atoms with Crippen molar-refractivity contribution in [2.45, 2.75) is 26.4 Å². The van der Waals surface area contributed by atoms with Crippen LogP contribution < -0.4 is 5.32 Å². The molecule has 0 saturated heterocycles. The van der Waals surface area contributed by atoms with E-state index in [0.717, 1.165) is 39.9 Å². The van der Waals surface area contributed by atoms with Gasteiger partial charge in [0, 0.05) is 24.2 Å². The molecule has 0 aliphatic rings. The number of para-hydroxylation sites is 1. The molecule has 0 atom stereocenters. The zero-order valence-electron chi connectivity index (χ0n) is 13.7. The highest BCUT2D eigenvalue weighted by Crippen LogP contribution is 2.28. The fraction of sp³-hybridized carbons (Fsp3) is 0.211. The minimum Gasteiger partial charge on any atom is -0.310 e. The molecule has 0 unspecified atom stereocenters. The summed E-state index contributed by atoms with van der Waals surface area (Å²) in [6, 6.07) is 14.6. The number of aromatic nitrogens is 4. The predicted octanol–water partition coefficient (Wildman–Crippen LogP) is 3.67. The number of nitrogens with zero attached hydrogens (tertiary/aromatic N) is 3. The Morgan fingerprint density at radius 2 is 1.96 bits per heavy atom. The summed E-state index contributed by atoms with van der Waals surface area (Å²) in [5.41, 5.74) is 5.78. The van der Waals surface area contributed by atoms with Crippen LogP contribution in [-0.4, -0.2) is 26.2 Å². The van der Waals surface area contributed by atoms with Crippen molar-refractivity contribution in [1.82, 2.24) is 25.5 Å². The summed E-state index contributed by atoms with van der Waals surface area (Å²) in [4.78, 5) is 9.03. The third kappa shape index (κ3) is 2.63. The Balaban J connectivity index is 1.80. The molecule has 3 heterocycles. The second kappa shape index (κ2) is 6.02. The van der Waals surface area contributed by atoms with Crippen LogP contribution in [0.4, 0.5) is 0 Å². The summed E-state index contributed by atoms with van der Waals surface area (Å²) in [6.45, 7) is 5.10. The van der Waals surface area contributed by atoms with Gasteiger partial charge in [-0.25, -0.2) is 4.98 Å². The van der Waals surface area contributed by atoms with E-state index in [0.29, 0.717) is 6.04 Å². The number of hydrogen-bond acceptors (Lipinski definition) is 4. The van der Waals surface area contributed by atoms with Gasteiger partial charge >= 0.3 is 0 Å². The lowest BCUT2D eigenvalue weighted by Gasteiger charge is -2.08. The first-order chi connectivity index (χ1) is 11.7. The van der Waals surface area contributed by atoms with Crippen molar-refractivity contribution in [2.24, 2.45) is 0 Å². The van der Waals surface area contributed by atoms with Gasteiger partial charge in [0.2, 0.25) is 0 Å². The Morgan fingerprint density at radius 3 is 2.83 bits per heavy atom. The standard InChI is InChI=1S/C19H19N5/c1-12(2)21-11-13-5-3-6-14-18(13)23-24-19(14)17-9-8-15-16(22-17)7-4-10-20-15/h3-10,12,21H,11H2,1-2H3,(H,23,24). The van der Waals surface area contributed by atoms with Gasteiger partial charge in [-0.2, -0.15) is 5.10 Å². The molecule has 0 bridgehead atoms. The summed E-state index contributed by atoms with van der Waals surface area (Å²) < 4.78 is 0. The molecule has 0 saturated carbocycles. The number of fused-ring (bicyclic) bond motifs is 2. The highest BCUT2D eigenvalue weighted by molar-refractivity contribution is 5.94.